The van der Waals surface area contributed by atoms with Gasteiger partial charge in [-0.05, 0) is 50.9 Å². The van der Waals surface area contributed by atoms with Crippen LogP contribution < -0.4 is 4.74 Å². The minimum atomic E-state index is -0.733. The highest BCUT2D eigenvalue weighted by Crippen LogP contribution is 2.16. The number of aliphatic carboxylic acids is 1. The van der Waals surface area contributed by atoms with Gasteiger partial charge in [-0.3, -0.25) is 9.69 Å². The lowest BCUT2D eigenvalue weighted by Crippen LogP contribution is -2.41. The highest BCUT2D eigenvalue weighted by atomic mass is 16.5. The van der Waals surface area contributed by atoms with Gasteiger partial charge in [-0.25, -0.2) is 0 Å². The standard InChI is InChI=1S/C17H27NO3/c1-5-18(14(3)12-17(19)20)13(2)6-7-15-8-10-16(21-4)11-9-15/h8-11,13-14H,5-7,12H2,1-4H3,(H,19,20). The largest absolute Gasteiger partial charge is 0.497 e. The van der Waals surface area contributed by atoms with Crippen LogP contribution in [0.25, 0.3) is 0 Å². The molecule has 0 fully saturated rings. The maximum atomic E-state index is 10.9. The molecular weight excluding hydrogens is 266 g/mol. The van der Waals surface area contributed by atoms with E-state index in [4.69, 9.17) is 9.84 Å². The first-order valence-corrected chi connectivity index (χ1v) is 7.58. The molecule has 0 aliphatic rings. The van der Waals surface area contributed by atoms with Crippen LogP contribution in [0.15, 0.2) is 24.3 Å². The molecule has 0 saturated heterocycles. The van der Waals surface area contributed by atoms with E-state index in [9.17, 15) is 4.79 Å². The van der Waals surface area contributed by atoms with Gasteiger partial charge in [0.1, 0.15) is 5.75 Å². The maximum Gasteiger partial charge on any atom is 0.304 e. The lowest BCUT2D eigenvalue weighted by Gasteiger charge is -2.33. The zero-order valence-corrected chi connectivity index (χ0v) is 13.5. The fourth-order valence-corrected chi connectivity index (χ4v) is 2.76. The van der Waals surface area contributed by atoms with Crippen molar-refractivity contribution in [2.24, 2.45) is 0 Å². The molecule has 0 amide bonds. The van der Waals surface area contributed by atoms with Gasteiger partial charge in [0.05, 0.1) is 13.5 Å². The van der Waals surface area contributed by atoms with E-state index in [0.717, 1.165) is 25.1 Å². The number of hydrogen-bond donors (Lipinski definition) is 1. The number of carboxylic acids is 1. The average molecular weight is 293 g/mol. The van der Waals surface area contributed by atoms with Crippen molar-refractivity contribution in [3.63, 3.8) is 0 Å². The quantitative estimate of drug-likeness (QED) is 0.759. The van der Waals surface area contributed by atoms with Crippen molar-refractivity contribution >= 4 is 5.97 Å². The van der Waals surface area contributed by atoms with E-state index in [1.807, 2.05) is 19.1 Å². The van der Waals surface area contributed by atoms with Gasteiger partial charge in [-0.2, -0.15) is 0 Å². The molecule has 4 heteroatoms. The molecule has 0 spiro atoms. The molecule has 0 heterocycles. The lowest BCUT2D eigenvalue weighted by molar-refractivity contribution is -0.138. The molecule has 0 saturated carbocycles. The monoisotopic (exact) mass is 293 g/mol. The van der Waals surface area contributed by atoms with E-state index in [-0.39, 0.29) is 12.5 Å². The topological polar surface area (TPSA) is 49.8 Å². The van der Waals surface area contributed by atoms with Crippen molar-refractivity contribution in [3.05, 3.63) is 29.8 Å². The molecule has 2 atom stereocenters. The number of aryl methyl sites for hydroxylation is 1. The van der Waals surface area contributed by atoms with Gasteiger partial charge in [-0.1, -0.05) is 19.1 Å². The third-order valence-electron chi connectivity index (χ3n) is 3.98. The normalized spacial score (nSPS) is 14.0. The minimum Gasteiger partial charge on any atom is -0.497 e. The van der Waals surface area contributed by atoms with E-state index < -0.39 is 5.97 Å². The summed E-state index contributed by atoms with van der Waals surface area (Å²) in [5, 5.41) is 8.93. The Balaban J connectivity index is 2.53. The molecule has 0 bridgehead atoms. The Labute approximate surface area is 127 Å². The zero-order chi connectivity index (χ0) is 15.8. The molecule has 1 rings (SSSR count). The second-order valence-electron chi connectivity index (χ2n) is 5.51. The molecule has 4 nitrogen and oxygen atoms in total. The van der Waals surface area contributed by atoms with Crippen LogP contribution in [-0.2, 0) is 11.2 Å². The number of carboxylic acid groups (broad SMARTS) is 1. The summed E-state index contributed by atoms with van der Waals surface area (Å²) < 4.78 is 5.15. The van der Waals surface area contributed by atoms with Crippen LogP contribution >= 0.6 is 0 Å². The number of nitrogens with zero attached hydrogens (tertiary/aromatic N) is 1. The van der Waals surface area contributed by atoms with Gasteiger partial charge in [-0.15, -0.1) is 0 Å². The van der Waals surface area contributed by atoms with Gasteiger partial charge < -0.3 is 9.84 Å². The van der Waals surface area contributed by atoms with E-state index in [1.54, 1.807) is 7.11 Å². The first-order valence-electron chi connectivity index (χ1n) is 7.58. The van der Waals surface area contributed by atoms with Crippen LogP contribution in [0.1, 0.15) is 39.2 Å². The first kappa shape index (κ1) is 17.5. The third-order valence-corrected chi connectivity index (χ3v) is 3.98. The second-order valence-corrected chi connectivity index (χ2v) is 5.51. The number of ether oxygens (including phenoxy) is 1. The van der Waals surface area contributed by atoms with Gasteiger partial charge in [0.15, 0.2) is 0 Å². The summed E-state index contributed by atoms with van der Waals surface area (Å²) in [4.78, 5) is 13.1. The smallest absolute Gasteiger partial charge is 0.304 e. The highest BCUT2D eigenvalue weighted by Gasteiger charge is 2.20. The molecule has 1 aromatic carbocycles. The van der Waals surface area contributed by atoms with Crippen molar-refractivity contribution in [2.75, 3.05) is 13.7 Å². The SMILES string of the molecule is CCN(C(C)CCc1ccc(OC)cc1)C(C)CC(=O)O. The number of hydrogen-bond acceptors (Lipinski definition) is 3. The minimum absolute atomic E-state index is 0.0679. The average Bonchev–Trinajstić information content (AvgIpc) is 2.45. The van der Waals surface area contributed by atoms with Crippen LogP contribution in [-0.4, -0.2) is 41.7 Å². The molecule has 21 heavy (non-hydrogen) atoms. The molecular formula is C17H27NO3. The lowest BCUT2D eigenvalue weighted by atomic mass is 10.0. The first-order chi connectivity index (χ1) is 9.97. The van der Waals surface area contributed by atoms with Crippen molar-refractivity contribution < 1.29 is 14.6 Å². The van der Waals surface area contributed by atoms with Gasteiger partial charge in [0.2, 0.25) is 0 Å². The Bertz CT molecular complexity index is 430. The predicted molar refractivity (Wildman–Crippen MR) is 84.9 cm³/mol. The van der Waals surface area contributed by atoms with Crippen molar-refractivity contribution in [1.82, 2.24) is 4.90 Å². The summed E-state index contributed by atoms with van der Waals surface area (Å²) in [6.45, 7) is 7.12. The Morgan fingerprint density at radius 3 is 2.33 bits per heavy atom. The summed E-state index contributed by atoms with van der Waals surface area (Å²) in [6.07, 6.45) is 2.20. The van der Waals surface area contributed by atoms with Crippen molar-refractivity contribution in [2.45, 2.75) is 52.1 Å². The van der Waals surface area contributed by atoms with Crippen LogP contribution in [0.5, 0.6) is 5.75 Å². The Hall–Kier alpha value is -1.55. The van der Waals surface area contributed by atoms with Crippen molar-refractivity contribution in [1.29, 1.82) is 0 Å². The van der Waals surface area contributed by atoms with Crippen LogP contribution in [0.3, 0.4) is 0 Å². The molecule has 0 aliphatic carbocycles. The summed E-state index contributed by atoms with van der Waals surface area (Å²) in [5.74, 6) is 0.139. The molecule has 0 radical (unpaired) electrons. The van der Waals surface area contributed by atoms with Crippen LogP contribution in [0, 0.1) is 0 Å². The van der Waals surface area contributed by atoms with Gasteiger partial charge in [0, 0.05) is 12.1 Å². The number of methoxy groups -OCH3 is 1. The van der Waals surface area contributed by atoms with E-state index in [1.165, 1.54) is 5.56 Å². The Morgan fingerprint density at radius 1 is 1.24 bits per heavy atom. The number of carbonyl (C=O) groups is 1. The molecule has 1 aromatic rings. The summed E-state index contributed by atoms with van der Waals surface area (Å²) >= 11 is 0. The Morgan fingerprint density at radius 2 is 1.86 bits per heavy atom. The highest BCUT2D eigenvalue weighted by molar-refractivity contribution is 5.67. The third kappa shape index (κ3) is 5.76. The molecule has 1 N–H and O–H groups in total. The fourth-order valence-electron chi connectivity index (χ4n) is 2.76. The van der Waals surface area contributed by atoms with E-state index in [2.05, 4.69) is 30.9 Å². The van der Waals surface area contributed by atoms with Gasteiger partial charge >= 0.3 is 5.97 Å². The second kappa shape index (κ2) is 8.67. The summed E-state index contributed by atoms with van der Waals surface area (Å²) in [5.41, 5.74) is 1.28. The van der Waals surface area contributed by atoms with E-state index in [0.29, 0.717) is 6.04 Å². The fraction of sp³-hybridized carbons (Fsp3) is 0.588. The van der Waals surface area contributed by atoms with Crippen molar-refractivity contribution in [3.8, 4) is 5.75 Å². The maximum absolute atomic E-state index is 10.9. The van der Waals surface area contributed by atoms with Gasteiger partial charge in [0.25, 0.3) is 0 Å². The summed E-state index contributed by atoms with van der Waals surface area (Å²) in [6, 6.07) is 8.56. The van der Waals surface area contributed by atoms with E-state index >= 15 is 0 Å². The molecule has 118 valence electrons. The molecule has 0 aromatic heterocycles. The summed E-state index contributed by atoms with van der Waals surface area (Å²) in [7, 11) is 1.67. The van der Waals surface area contributed by atoms with Crippen LogP contribution in [0.2, 0.25) is 0 Å². The molecule has 2 unspecified atom stereocenters. The zero-order valence-electron chi connectivity index (χ0n) is 13.5. The van der Waals surface area contributed by atoms with Crippen LogP contribution in [0.4, 0.5) is 0 Å². The Kier molecular flexibility index (Phi) is 7.23. The predicted octanol–water partition coefficient (Wildman–Crippen LogP) is 3.20. The number of benzene rings is 1. The number of rotatable bonds is 9. The molecule has 0 aliphatic heterocycles.